The van der Waals surface area contributed by atoms with Gasteiger partial charge < -0.3 is 10.3 Å². The third-order valence-electron chi connectivity index (χ3n) is 6.61. The van der Waals surface area contributed by atoms with Gasteiger partial charge in [-0.05, 0) is 54.1 Å². The van der Waals surface area contributed by atoms with Crippen LogP contribution in [0.4, 0.5) is 10.1 Å². The Kier molecular flexibility index (Phi) is 5.59. The number of benzene rings is 3. The van der Waals surface area contributed by atoms with E-state index in [0.717, 1.165) is 27.7 Å². The summed E-state index contributed by atoms with van der Waals surface area (Å²) in [6.45, 7) is 0. The van der Waals surface area contributed by atoms with E-state index in [-0.39, 0.29) is 11.7 Å². The molecule has 9 heteroatoms. The van der Waals surface area contributed by atoms with Crippen LogP contribution < -0.4 is 5.32 Å². The average molecular weight is 526 g/mol. The molecule has 0 saturated carbocycles. The van der Waals surface area contributed by atoms with Crippen molar-refractivity contribution in [2.24, 2.45) is 0 Å². The quantitative estimate of drug-likeness (QED) is 0.234. The van der Waals surface area contributed by atoms with E-state index >= 15 is 0 Å². The molecule has 0 bridgehead atoms. The molecule has 0 aliphatic rings. The second-order valence-corrected chi connectivity index (χ2v) is 9.24. The van der Waals surface area contributed by atoms with E-state index in [1.165, 1.54) is 12.1 Å². The molecule has 40 heavy (non-hydrogen) atoms. The number of hydrogen-bond acceptors (Lipinski definition) is 5. The Morgan fingerprint density at radius 2 is 1.65 bits per heavy atom. The van der Waals surface area contributed by atoms with Gasteiger partial charge in [-0.25, -0.2) is 14.4 Å². The van der Waals surface area contributed by atoms with Crippen molar-refractivity contribution < 1.29 is 9.18 Å². The number of pyridine rings is 2. The van der Waals surface area contributed by atoms with Crippen molar-refractivity contribution in [2.75, 3.05) is 5.32 Å². The van der Waals surface area contributed by atoms with Crippen molar-refractivity contribution in [2.45, 2.75) is 0 Å². The van der Waals surface area contributed by atoms with Crippen LogP contribution in [0.15, 0.2) is 103 Å². The predicted octanol–water partition coefficient (Wildman–Crippen LogP) is 6.62. The van der Waals surface area contributed by atoms with E-state index in [2.05, 4.69) is 25.5 Å². The Bertz CT molecular complexity index is 2030. The third kappa shape index (κ3) is 4.25. The van der Waals surface area contributed by atoms with E-state index in [0.29, 0.717) is 39.5 Å². The Labute approximate surface area is 227 Å². The Morgan fingerprint density at radius 1 is 0.775 bits per heavy atom. The van der Waals surface area contributed by atoms with Gasteiger partial charge in [-0.2, -0.15) is 5.10 Å². The summed E-state index contributed by atoms with van der Waals surface area (Å²) in [5.41, 5.74) is 7.50. The van der Waals surface area contributed by atoms with Crippen molar-refractivity contribution in [1.82, 2.24) is 30.1 Å². The van der Waals surface area contributed by atoms with Gasteiger partial charge in [0.2, 0.25) is 0 Å². The van der Waals surface area contributed by atoms with Crippen LogP contribution in [0.25, 0.3) is 56.0 Å². The highest BCUT2D eigenvalue weighted by Crippen LogP contribution is 2.32. The molecule has 4 heterocycles. The first kappa shape index (κ1) is 23.4. The summed E-state index contributed by atoms with van der Waals surface area (Å²) in [6.07, 6.45) is 3.29. The molecule has 0 atom stereocenters. The van der Waals surface area contributed by atoms with Gasteiger partial charge >= 0.3 is 0 Å². The molecule has 3 aromatic carbocycles. The summed E-state index contributed by atoms with van der Waals surface area (Å²) >= 11 is 0. The third-order valence-corrected chi connectivity index (χ3v) is 6.61. The second kappa shape index (κ2) is 9.55. The molecule has 7 rings (SSSR count). The van der Waals surface area contributed by atoms with Gasteiger partial charge in [0, 0.05) is 22.9 Å². The number of aromatic nitrogens is 6. The van der Waals surface area contributed by atoms with Crippen LogP contribution in [0.2, 0.25) is 0 Å². The standard InChI is InChI=1S/C31H20FN7O/c32-21-9-4-8-19(14-21)23-10-5-11-25-27(23)37-30(36-25)29-28-26(38-39-29)13-12-24(35-28)20-15-22(17-33-16-20)34-31(40)18-6-2-1-3-7-18/h1-17H,(H,34,40)(H,36,37)(H,38,39). The number of para-hydroxylation sites is 1. The lowest BCUT2D eigenvalue weighted by atomic mass is 10.0. The first-order valence-electron chi connectivity index (χ1n) is 12.5. The van der Waals surface area contributed by atoms with Crippen molar-refractivity contribution in [1.29, 1.82) is 0 Å². The molecule has 4 aromatic heterocycles. The topological polar surface area (TPSA) is 112 Å². The lowest BCUT2D eigenvalue weighted by Gasteiger charge is -2.07. The van der Waals surface area contributed by atoms with Gasteiger partial charge in [-0.15, -0.1) is 0 Å². The van der Waals surface area contributed by atoms with E-state index < -0.39 is 0 Å². The maximum atomic E-state index is 13.9. The fraction of sp³-hybridized carbons (Fsp3) is 0. The number of anilines is 1. The van der Waals surface area contributed by atoms with Crippen LogP contribution in [-0.4, -0.2) is 36.0 Å². The van der Waals surface area contributed by atoms with E-state index in [1.54, 1.807) is 30.6 Å². The molecule has 0 radical (unpaired) electrons. The highest BCUT2D eigenvalue weighted by molar-refractivity contribution is 6.04. The van der Waals surface area contributed by atoms with Gasteiger partial charge in [0.15, 0.2) is 11.5 Å². The highest BCUT2D eigenvalue weighted by atomic mass is 19.1. The smallest absolute Gasteiger partial charge is 0.255 e. The summed E-state index contributed by atoms with van der Waals surface area (Å²) in [6, 6.07) is 26.8. The van der Waals surface area contributed by atoms with Gasteiger partial charge in [-0.1, -0.05) is 42.5 Å². The number of imidazole rings is 1. The summed E-state index contributed by atoms with van der Waals surface area (Å²) in [7, 11) is 0. The first-order chi connectivity index (χ1) is 19.6. The first-order valence-corrected chi connectivity index (χ1v) is 12.5. The van der Waals surface area contributed by atoms with Crippen LogP contribution >= 0.6 is 0 Å². The van der Waals surface area contributed by atoms with Crippen LogP contribution in [0, 0.1) is 5.82 Å². The number of halogens is 1. The zero-order chi connectivity index (χ0) is 27.1. The average Bonchev–Trinajstić information content (AvgIpc) is 3.61. The molecule has 0 aliphatic carbocycles. The summed E-state index contributed by atoms with van der Waals surface area (Å²) in [4.78, 5) is 29.9. The molecule has 0 saturated heterocycles. The zero-order valence-corrected chi connectivity index (χ0v) is 20.9. The monoisotopic (exact) mass is 525 g/mol. The Morgan fingerprint density at radius 3 is 2.52 bits per heavy atom. The normalized spacial score (nSPS) is 11.2. The molecule has 1 amide bonds. The molecular formula is C31H20FN7O. The molecule has 0 spiro atoms. The number of fused-ring (bicyclic) bond motifs is 2. The SMILES string of the molecule is O=C(Nc1cncc(-c2ccc3[nH]nc(-c4nc5c(-c6cccc(F)c6)cccc5[nH]4)c3n2)c1)c1ccccc1. The fourth-order valence-electron chi connectivity index (χ4n) is 4.70. The Hall–Kier alpha value is -5.70. The number of carbonyl (C=O) groups excluding carboxylic acids is 1. The fourth-order valence-corrected chi connectivity index (χ4v) is 4.70. The summed E-state index contributed by atoms with van der Waals surface area (Å²) in [5, 5.41) is 10.4. The molecule has 0 unspecified atom stereocenters. The molecule has 0 fully saturated rings. The van der Waals surface area contributed by atoms with Gasteiger partial charge in [0.05, 0.1) is 34.1 Å². The molecular weight excluding hydrogens is 505 g/mol. The number of amides is 1. The molecule has 8 nitrogen and oxygen atoms in total. The van der Waals surface area contributed by atoms with E-state index in [1.807, 2.05) is 60.7 Å². The predicted molar refractivity (Wildman–Crippen MR) is 152 cm³/mol. The minimum absolute atomic E-state index is 0.220. The molecule has 3 N–H and O–H groups in total. The maximum Gasteiger partial charge on any atom is 0.255 e. The zero-order valence-electron chi connectivity index (χ0n) is 20.9. The number of nitrogens with one attached hydrogen (secondary N) is 3. The number of nitrogens with zero attached hydrogens (tertiary/aromatic N) is 4. The van der Waals surface area contributed by atoms with Crippen LogP contribution in [0.3, 0.4) is 0 Å². The van der Waals surface area contributed by atoms with E-state index in [4.69, 9.17) is 9.97 Å². The minimum atomic E-state index is -0.307. The van der Waals surface area contributed by atoms with Crippen molar-refractivity contribution in [3.63, 3.8) is 0 Å². The van der Waals surface area contributed by atoms with Crippen molar-refractivity contribution in [3.05, 3.63) is 115 Å². The lowest BCUT2D eigenvalue weighted by molar-refractivity contribution is 0.102. The molecule has 7 aromatic rings. The van der Waals surface area contributed by atoms with Crippen molar-refractivity contribution >= 4 is 33.7 Å². The van der Waals surface area contributed by atoms with Gasteiger partial charge in [0.1, 0.15) is 11.3 Å². The van der Waals surface area contributed by atoms with E-state index in [9.17, 15) is 9.18 Å². The maximum absolute atomic E-state index is 13.9. The number of hydrogen-bond donors (Lipinski definition) is 3. The number of H-pyrrole nitrogens is 2. The Balaban J connectivity index is 1.25. The summed E-state index contributed by atoms with van der Waals surface area (Å²) < 4.78 is 13.9. The number of aromatic amines is 2. The largest absolute Gasteiger partial charge is 0.336 e. The van der Waals surface area contributed by atoms with Gasteiger partial charge in [0.25, 0.3) is 5.91 Å². The molecule has 192 valence electrons. The lowest BCUT2D eigenvalue weighted by Crippen LogP contribution is -2.11. The van der Waals surface area contributed by atoms with Crippen LogP contribution in [-0.2, 0) is 0 Å². The van der Waals surface area contributed by atoms with Crippen LogP contribution in [0.5, 0.6) is 0 Å². The minimum Gasteiger partial charge on any atom is -0.336 e. The van der Waals surface area contributed by atoms with Crippen molar-refractivity contribution in [3.8, 4) is 33.9 Å². The second-order valence-electron chi connectivity index (χ2n) is 9.24. The highest BCUT2D eigenvalue weighted by Gasteiger charge is 2.17. The summed E-state index contributed by atoms with van der Waals surface area (Å²) in [5.74, 6) is 0.0119. The molecule has 0 aliphatic heterocycles. The number of carbonyl (C=O) groups is 1. The van der Waals surface area contributed by atoms with Crippen LogP contribution in [0.1, 0.15) is 10.4 Å². The number of rotatable bonds is 5. The van der Waals surface area contributed by atoms with Gasteiger partial charge in [-0.3, -0.25) is 14.9 Å².